The Labute approximate surface area is 135 Å². The van der Waals surface area contributed by atoms with Gasteiger partial charge in [0.25, 0.3) is 0 Å². The fourth-order valence-corrected chi connectivity index (χ4v) is 2.60. The summed E-state index contributed by atoms with van der Waals surface area (Å²) in [5.74, 6) is -3.72. The van der Waals surface area contributed by atoms with E-state index in [9.17, 15) is 18.0 Å². The monoisotopic (exact) mass is 331 g/mol. The van der Waals surface area contributed by atoms with Gasteiger partial charge in [0.15, 0.2) is 0 Å². The van der Waals surface area contributed by atoms with Crippen molar-refractivity contribution in [2.24, 2.45) is 0 Å². The van der Waals surface area contributed by atoms with Crippen LogP contribution in [0, 0.1) is 24.4 Å². The van der Waals surface area contributed by atoms with Crippen molar-refractivity contribution in [3.63, 3.8) is 0 Å². The lowest BCUT2D eigenvalue weighted by atomic mass is 9.98. The number of carbonyl (C=O) groups excluding carboxylic acids is 1. The van der Waals surface area contributed by atoms with Gasteiger partial charge in [-0.05, 0) is 30.0 Å². The molecule has 3 nitrogen and oxygen atoms in total. The van der Waals surface area contributed by atoms with Crippen LogP contribution in [-0.4, -0.2) is 18.1 Å². The molecule has 0 amide bonds. The number of methoxy groups -OCH3 is 1. The van der Waals surface area contributed by atoms with Crippen molar-refractivity contribution in [1.29, 1.82) is 0 Å². The zero-order chi connectivity index (χ0) is 17.4. The largest absolute Gasteiger partial charge is 0.465 e. The number of hydrogen-bond donors (Lipinski definition) is 0. The van der Waals surface area contributed by atoms with Crippen LogP contribution < -0.4 is 0 Å². The van der Waals surface area contributed by atoms with Crippen LogP contribution in [-0.2, 0) is 4.74 Å². The van der Waals surface area contributed by atoms with E-state index in [-0.39, 0.29) is 11.3 Å². The van der Waals surface area contributed by atoms with Crippen molar-refractivity contribution in [1.82, 2.24) is 4.98 Å². The Balaban J connectivity index is 2.36. The number of halogens is 3. The summed E-state index contributed by atoms with van der Waals surface area (Å²) in [6.45, 7) is 1.79. The predicted octanol–water partition coefficient (Wildman–Crippen LogP) is 4.41. The Hall–Kier alpha value is -2.89. The molecular weight excluding hydrogens is 319 g/mol. The van der Waals surface area contributed by atoms with E-state index in [0.717, 1.165) is 5.56 Å². The number of carbonyl (C=O) groups is 1. The lowest BCUT2D eigenvalue weighted by Crippen LogP contribution is -2.02. The number of nitrogens with zero attached hydrogens (tertiary/aromatic N) is 1. The van der Waals surface area contributed by atoms with Gasteiger partial charge in [0.2, 0.25) is 0 Å². The topological polar surface area (TPSA) is 39.2 Å². The van der Waals surface area contributed by atoms with Crippen LogP contribution >= 0.6 is 0 Å². The summed E-state index contributed by atoms with van der Waals surface area (Å²) in [6.07, 6.45) is 1.47. The third kappa shape index (κ3) is 2.60. The molecule has 2 aromatic carbocycles. The van der Waals surface area contributed by atoms with E-state index in [1.165, 1.54) is 19.4 Å². The van der Waals surface area contributed by atoms with Crippen molar-refractivity contribution in [2.75, 3.05) is 7.11 Å². The summed E-state index contributed by atoms with van der Waals surface area (Å²) in [5, 5.41) is 1.05. The predicted molar refractivity (Wildman–Crippen MR) is 83.1 cm³/mol. The molecule has 3 rings (SSSR count). The standard InChI is InChI=1S/C18H12F3NO2/c1-9-8-22-17(16-14(20)6-11(19)7-15(16)21)13-5-10(18(23)24-2)3-4-12(9)13/h3-8H,1-2H3. The molecule has 0 unspecified atom stereocenters. The van der Waals surface area contributed by atoms with E-state index in [2.05, 4.69) is 9.72 Å². The number of pyridine rings is 1. The van der Waals surface area contributed by atoms with E-state index in [1.54, 1.807) is 19.1 Å². The zero-order valence-corrected chi connectivity index (χ0v) is 12.9. The summed E-state index contributed by atoms with van der Waals surface area (Å²) in [4.78, 5) is 15.8. The van der Waals surface area contributed by atoms with Gasteiger partial charge in [-0.25, -0.2) is 18.0 Å². The smallest absolute Gasteiger partial charge is 0.337 e. The van der Waals surface area contributed by atoms with Gasteiger partial charge in [-0.15, -0.1) is 0 Å². The molecule has 0 N–H and O–H groups in total. The number of hydrogen-bond acceptors (Lipinski definition) is 3. The number of aryl methyl sites for hydroxylation is 1. The van der Waals surface area contributed by atoms with Crippen molar-refractivity contribution in [3.8, 4) is 11.3 Å². The van der Waals surface area contributed by atoms with Crippen LogP contribution in [0.3, 0.4) is 0 Å². The maximum atomic E-state index is 14.1. The summed E-state index contributed by atoms with van der Waals surface area (Å²) in [6, 6.07) is 5.86. The second kappa shape index (κ2) is 5.96. The van der Waals surface area contributed by atoms with Gasteiger partial charge in [0.1, 0.15) is 17.5 Å². The molecule has 0 radical (unpaired) electrons. The molecule has 0 spiro atoms. The highest BCUT2D eigenvalue weighted by Crippen LogP contribution is 2.33. The van der Waals surface area contributed by atoms with E-state index in [1.807, 2.05) is 0 Å². The highest BCUT2D eigenvalue weighted by molar-refractivity contribution is 6.01. The Kier molecular flexibility index (Phi) is 3.97. The Bertz CT molecular complexity index is 947. The minimum absolute atomic E-state index is 0.00338. The quantitative estimate of drug-likeness (QED) is 0.653. The van der Waals surface area contributed by atoms with Crippen LogP contribution in [0.25, 0.3) is 22.0 Å². The Morgan fingerprint density at radius 3 is 2.33 bits per heavy atom. The molecule has 0 aliphatic heterocycles. The lowest BCUT2D eigenvalue weighted by Gasteiger charge is -2.11. The molecule has 0 aliphatic carbocycles. The van der Waals surface area contributed by atoms with E-state index in [4.69, 9.17) is 0 Å². The first kappa shape index (κ1) is 16.0. The molecule has 1 aromatic heterocycles. The van der Waals surface area contributed by atoms with Crippen LogP contribution in [0.4, 0.5) is 13.2 Å². The minimum Gasteiger partial charge on any atom is -0.465 e. The summed E-state index contributed by atoms with van der Waals surface area (Å²) in [5.41, 5.74) is 0.550. The van der Waals surface area contributed by atoms with Gasteiger partial charge >= 0.3 is 5.97 Å². The van der Waals surface area contributed by atoms with Gasteiger partial charge in [-0.2, -0.15) is 0 Å². The molecule has 3 aromatic rings. The summed E-state index contributed by atoms with van der Waals surface area (Å²) < 4.78 is 46.1. The molecule has 1 heterocycles. The third-order valence-corrected chi connectivity index (χ3v) is 3.75. The van der Waals surface area contributed by atoms with E-state index < -0.39 is 29.0 Å². The third-order valence-electron chi connectivity index (χ3n) is 3.75. The molecular formula is C18H12F3NO2. The van der Waals surface area contributed by atoms with Crippen molar-refractivity contribution < 1.29 is 22.7 Å². The Morgan fingerprint density at radius 1 is 1.04 bits per heavy atom. The lowest BCUT2D eigenvalue weighted by molar-refractivity contribution is 0.0601. The molecule has 6 heteroatoms. The van der Waals surface area contributed by atoms with Crippen molar-refractivity contribution in [3.05, 3.63) is 65.1 Å². The van der Waals surface area contributed by atoms with Gasteiger partial charge < -0.3 is 4.74 Å². The van der Waals surface area contributed by atoms with Gasteiger partial charge in [-0.1, -0.05) is 6.07 Å². The first-order valence-electron chi connectivity index (χ1n) is 7.05. The van der Waals surface area contributed by atoms with Crippen LogP contribution in [0.1, 0.15) is 15.9 Å². The number of benzene rings is 2. The van der Waals surface area contributed by atoms with Crippen molar-refractivity contribution >= 4 is 16.7 Å². The maximum Gasteiger partial charge on any atom is 0.337 e. The SMILES string of the molecule is COC(=O)c1ccc2c(C)cnc(-c3c(F)cc(F)cc3F)c2c1. The van der Waals surface area contributed by atoms with Gasteiger partial charge in [0, 0.05) is 23.7 Å². The molecule has 0 atom stereocenters. The highest BCUT2D eigenvalue weighted by atomic mass is 19.1. The first-order chi connectivity index (χ1) is 11.4. The second-order valence-corrected chi connectivity index (χ2v) is 5.29. The summed E-state index contributed by atoms with van der Waals surface area (Å²) >= 11 is 0. The maximum absolute atomic E-state index is 14.1. The van der Waals surface area contributed by atoms with E-state index >= 15 is 0 Å². The van der Waals surface area contributed by atoms with Crippen molar-refractivity contribution in [2.45, 2.75) is 6.92 Å². The molecule has 122 valence electrons. The number of fused-ring (bicyclic) bond motifs is 1. The fraction of sp³-hybridized carbons (Fsp3) is 0.111. The summed E-state index contributed by atoms with van der Waals surface area (Å²) in [7, 11) is 1.24. The molecule has 0 saturated carbocycles. The average molecular weight is 331 g/mol. The zero-order valence-electron chi connectivity index (χ0n) is 12.9. The fourth-order valence-electron chi connectivity index (χ4n) is 2.60. The number of aromatic nitrogens is 1. The first-order valence-corrected chi connectivity index (χ1v) is 7.05. The molecule has 0 aliphatic rings. The van der Waals surface area contributed by atoms with E-state index in [0.29, 0.717) is 22.9 Å². The molecule has 0 bridgehead atoms. The normalized spacial score (nSPS) is 10.9. The molecule has 0 fully saturated rings. The Morgan fingerprint density at radius 2 is 1.71 bits per heavy atom. The number of rotatable bonds is 2. The van der Waals surface area contributed by atoms with Crippen LogP contribution in [0.5, 0.6) is 0 Å². The molecule has 24 heavy (non-hydrogen) atoms. The molecule has 0 saturated heterocycles. The second-order valence-electron chi connectivity index (χ2n) is 5.29. The number of ether oxygens (including phenoxy) is 1. The van der Waals surface area contributed by atoms with Gasteiger partial charge in [-0.3, -0.25) is 4.98 Å². The highest BCUT2D eigenvalue weighted by Gasteiger charge is 2.19. The minimum atomic E-state index is -1.06. The van der Waals surface area contributed by atoms with Crippen LogP contribution in [0.15, 0.2) is 36.5 Å². The van der Waals surface area contributed by atoms with Gasteiger partial charge in [0.05, 0.1) is 23.9 Å². The average Bonchev–Trinajstić information content (AvgIpc) is 2.55. The van der Waals surface area contributed by atoms with Crippen LogP contribution in [0.2, 0.25) is 0 Å². The number of esters is 1.